The van der Waals surface area contributed by atoms with Crippen LogP contribution in [0.5, 0.6) is 0 Å². The topological polar surface area (TPSA) is 30.0 Å². The Bertz CT molecular complexity index is 988. The molecule has 180 valence electrons. The van der Waals surface area contributed by atoms with Crippen LogP contribution in [-0.2, 0) is 4.79 Å². The molecule has 0 saturated carbocycles. The third-order valence-electron chi connectivity index (χ3n) is 5.69. The molecular weight excluding hydrogens is 414 g/mol. The minimum absolute atomic E-state index is 0.00154. The molecule has 2 nitrogen and oxygen atoms in total. The van der Waals surface area contributed by atoms with Gasteiger partial charge in [-0.05, 0) is 54.2 Å². The molecule has 3 aromatic rings. The zero-order valence-corrected chi connectivity index (χ0v) is 21.7. The van der Waals surface area contributed by atoms with E-state index in [0.717, 1.165) is 28.2 Å². The van der Waals surface area contributed by atoms with Gasteiger partial charge in [-0.1, -0.05) is 120 Å². The number of aromatic nitrogens is 1. The number of benzene rings is 2. The molecule has 0 saturated heterocycles. The Hall–Kier alpha value is -3.26. The van der Waals surface area contributed by atoms with Crippen molar-refractivity contribution >= 4 is 16.9 Å². The van der Waals surface area contributed by atoms with Gasteiger partial charge in [0.1, 0.15) is 0 Å². The number of carbonyl (C=O) groups excluding carboxylic acids is 1. The molecule has 1 unspecified atom stereocenters. The van der Waals surface area contributed by atoms with E-state index in [-0.39, 0.29) is 5.78 Å². The molecule has 1 heterocycles. The van der Waals surface area contributed by atoms with Crippen molar-refractivity contribution in [3.8, 4) is 11.1 Å². The third kappa shape index (κ3) is 11.0. The second kappa shape index (κ2) is 16.4. The number of hydrogen-bond donors (Lipinski definition) is 0. The Morgan fingerprint density at radius 1 is 0.824 bits per heavy atom. The monoisotopic (exact) mass is 455 g/mol. The summed E-state index contributed by atoms with van der Waals surface area (Å²) < 4.78 is 0. The lowest BCUT2D eigenvalue weighted by atomic mass is 10.0. The van der Waals surface area contributed by atoms with Gasteiger partial charge < -0.3 is 0 Å². The van der Waals surface area contributed by atoms with E-state index >= 15 is 0 Å². The lowest BCUT2D eigenvalue weighted by Gasteiger charge is -2.04. The smallest absolute Gasteiger partial charge is 0.159 e. The van der Waals surface area contributed by atoms with Crippen LogP contribution in [0.25, 0.3) is 22.3 Å². The Balaban J connectivity index is 0.000000287. The van der Waals surface area contributed by atoms with Crippen molar-refractivity contribution in [2.24, 2.45) is 5.92 Å². The van der Waals surface area contributed by atoms with Gasteiger partial charge in [0.25, 0.3) is 0 Å². The van der Waals surface area contributed by atoms with Crippen LogP contribution in [0.1, 0.15) is 71.4 Å². The highest BCUT2D eigenvalue weighted by Crippen LogP contribution is 2.21. The van der Waals surface area contributed by atoms with Crippen molar-refractivity contribution in [3.63, 3.8) is 0 Å². The molecule has 0 aliphatic rings. The molecule has 0 bridgehead atoms. The van der Waals surface area contributed by atoms with Crippen molar-refractivity contribution < 1.29 is 4.79 Å². The molecule has 1 aromatic heterocycles. The number of hydrogen-bond acceptors (Lipinski definition) is 2. The number of pyridine rings is 1. The molecule has 0 N–H and O–H groups in total. The molecule has 2 aromatic carbocycles. The summed E-state index contributed by atoms with van der Waals surface area (Å²) in [6.07, 6.45) is 9.06. The van der Waals surface area contributed by atoms with Crippen LogP contribution < -0.4 is 0 Å². The van der Waals surface area contributed by atoms with Gasteiger partial charge >= 0.3 is 0 Å². The molecule has 0 radical (unpaired) electrons. The van der Waals surface area contributed by atoms with Gasteiger partial charge in [-0.25, -0.2) is 0 Å². The van der Waals surface area contributed by atoms with E-state index in [1.807, 2.05) is 61.5 Å². The summed E-state index contributed by atoms with van der Waals surface area (Å²) in [5.41, 5.74) is 5.97. The second-order valence-corrected chi connectivity index (χ2v) is 8.65. The summed E-state index contributed by atoms with van der Waals surface area (Å²) >= 11 is 0. The number of carbonyl (C=O) groups is 1. The number of rotatable bonds is 8. The van der Waals surface area contributed by atoms with Crippen LogP contribution in [0.4, 0.5) is 0 Å². The molecule has 34 heavy (non-hydrogen) atoms. The van der Waals surface area contributed by atoms with Crippen LogP contribution in [-0.4, -0.2) is 10.8 Å². The van der Waals surface area contributed by atoms with E-state index in [2.05, 4.69) is 51.0 Å². The first-order valence-corrected chi connectivity index (χ1v) is 12.2. The summed E-state index contributed by atoms with van der Waals surface area (Å²) in [5.74, 6) is 0.955. The van der Waals surface area contributed by atoms with Crippen LogP contribution in [0.3, 0.4) is 0 Å². The Morgan fingerprint density at radius 2 is 1.38 bits per heavy atom. The van der Waals surface area contributed by atoms with Gasteiger partial charge in [-0.2, -0.15) is 0 Å². The van der Waals surface area contributed by atoms with Gasteiger partial charge in [-0.15, -0.1) is 0 Å². The lowest BCUT2D eigenvalue weighted by molar-refractivity contribution is -0.111. The van der Waals surface area contributed by atoms with Gasteiger partial charge in [0.05, 0.1) is 0 Å². The fourth-order valence-corrected chi connectivity index (χ4v) is 3.09. The molecule has 0 amide bonds. The first kappa shape index (κ1) is 28.8. The molecule has 3 rings (SSSR count). The molecule has 0 spiro atoms. The summed E-state index contributed by atoms with van der Waals surface area (Å²) in [5, 5.41) is 0. The number of ketones is 1. The average molecular weight is 456 g/mol. The predicted octanol–water partition coefficient (Wildman–Crippen LogP) is 9.29. The van der Waals surface area contributed by atoms with E-state index in [4.69, 9.17) is 0 Å². The third-order valence-corrected chi connectivity index (χ3v) is 5.69. The van der Waals surface area contributed by atoms with Crippen LogP contribution in [0.2, 0.25) is 0 Å². The number of nitrogens with zero attached hydrogens (tertiary/aromatic N) is 1. The molecule has 2 heteroatoms. The summed E-state index contributed by atoms with van der Waals surface area (Å²) in [7, 11) is 0. The quantitative estimate of drug-likeness (QED) is 0.317. The zero-order valence-electron chi connectivity index (χ0n) is 21.7. The summed E-state index contributed by atoms with van der Waals surface area (Å²) in [6.45, 7) is 18.0. The highest BCUT2D eigenvalue weighted by molar-refractivity contribution is 6.18. The maximum absolute atomic E-state index is 11.2. The molecule has 0 aliphatic carbocycles. The van der Waals surface area contributed by atoms with Crippen molar-refractivity contribution in [3.05, 3.63) is 103 Å². The van der Waals surface area contributed by atoms with Crippen LogP contribution >= 0.6 is 0 Å². The maximum atomic E-state index is 11.2. The Kier molecular flexibility index (Phi) is 13.9. The summed E-state index contributed by atoms with van der Waals surface area (Å²) in [4.78, 5) is 15.2. The molecule has 0 fully saturated rings. The van der Waals surface area contributed by atoms with Crippen LogP contribution in [0.15, 0.2) is 92.3 Å². The number of Topliss-reactive ketones (excluding diaryl/α,β-unsaturated/α-hetero) is 1. The van der Waals surface area contributed by atoms with E-state index < -0.39 is 0 Å². The fraction of sp³-hybridized carbons (Fsp3) is 0.312. The van der Waals surface area contributed by atoms with Crippen LogP contribution in [0, 0.1) is 5.92 Å². The maximum Gasteiger partial charge on any atom is 0.159 e. The van der Waals surface area contributed by atoms with Crippen molar-refractivity contribution in [2.75, 3.05) is 0 Å². The first-order valence-electron chi connectivity index (χ1n) is 12.2. The van der Waals surface area contributed by atoms with Crippen molar-refractivity contribution in [1.29, 1.82) is 0 Å². The average Bonchev–Trinajstić information content (AvgIpc) is 2.88. The normalized spacial score (nSPS) is 10.6. The van der Waals surface area contributed by atoms with E-state index in [9.17, 15) is 4.79 Å². The van der Waals surface area contributed by atoms with Gasteiger partial charge in [0.15, 0.2) is 5.78 Å². The summed E-state index contributed by atoms with van der Waals surface area (Å²) in [6, 6.07) is 21.9. The van der Waals surface area contributed by atoms with Gasteiger partial charge in [0.2, 0.25) is 0 Å². The van der Waals surface area contributed by atoms with E-state index in [1.165, 1.54) is 38.2 Å². The van der Waals surface area contributed by atoms with E-state index in [0.29, 0.717) is 5.57 Å². The molecule has 1 atom stereocenters. The van der Waals surface area contributed by atoms with Crippen molar-refractivity contribution in [2.45, 2.75) is 60.3 Å². The highest BCUT2D eigenvalue weighted by atomic mass is 16.1. The van der Waals surface area contributed by atoms with Crippen molar-refractivity contribution in [1.82, 2.24) is 4.98 Å². The standard InChI is InChI=1S/C15H13NO.C9H10.C8H18/c1-11(12(2)17)13-3-5-14(6-4-13)15-7-9-16-10-8-15;1-8(2)9-6-4-3-5-7-9;1-4-6-7-8(3)5-2/h3-10H,1H2,2H3;3-7H,1H2,2H3;8H,4-7H2,1-3H3. The molecular formula is C32H41NO. The van der Waals surface area contributed by atoms with Gasteiger partial charge in [0, 0.05) is 18.0 Å². The number of unbranched alkanes of at least 4 members (excludes halogenated alkanes) is 1. The SMILES string of the molecule is C=C(C(C)=O)c1ccc(-c2ccncc2)cc1.C=C(C)c1ccccc1.CCCCC(C)CC. The zero-order chi connectivity index (χ0) is 25.3. The largest absolute Gasteiger partial charge is 0.295 e. The minimum Gasteiger partial charge on any atom is -0.295 e. The second-order valence-electron chi connectivity index (χ2n) is 8.65. The Labute approximate surface area is 207 Å². The Morgan fingerprint density at radius 3 is 1.82 bits per heavy atom. The highest BCUT2D eigenvalue weighted by Gasteiger charge is 2.04. The van der Waals surface area contributed by atoms with Gasteiger partial charge in [-0.3, -0.25) is 9.78 Å². The minimum atomic E-state index is 0.00154. The van der Waals surface area contributed by atoms with E-state index in [1.54, 1.807) is 12.4 Å². The first-order chi connectivity index (χ1) is 16.3. The lowest BCUT2D eigenvalue weighted by Crippen LogP contribution is -1.93. The predicted molar refractivity (Wildman–Crippen MR) is 150 cm³/mol. The number of allylic oxidation sites excluding steroid dienone is 2. The molecule has 0 aliphatic heterocycles. The fourth-order valence-electron chi connectivity index (χ4n) is 3.09.